The van der Waals surface area contributed by atoms with E-state index in [1.807, 2.05) is 30.3 Å². The molecule has 4 rings (SSSR count). The van der Waals surface area contributed by atoms with Crippen LogP contribution < -0.4 is 15.4 Å². The zero-order valence-corrected chi connectivity index (χ0v) is 17.5. The fourth-order valence-corrected chi connectivity index (χ4v) is 5.07. The minimum absolute atomic E-state index is 0.0414. The van der Waals surface area contributed by atoms with E-state index in [1.165, 1.54) is 25.7 Å². The highest BCUT2D eigenvalue weighted by Crippen LogP contribution is 2.49. The Morgan fingerprint density at radius 1 is 1.07 bits per heavy atom. The van der Waals surface area contributed by atoms with E-state index in [4.69, 9.17) is 4.74 Å². The smallest absolute Gasteiger partial charge is 0.258 e. The van der Waals surface area contributed by atoms with Crippen molar-refractivity contribution in [2.24, 2.45) is 17.8 Å². The molecule has 2 aliphatic rings. The van der Waals surface area contributed by atoms with Crippen molar-refractivity contribution in [3.63, 3.8) is 0 Å². The molecule has 0 saturated heterocycles. The van der Waals surface area contributed by atoms with Crippen molar-refractivity contribution in [2.75, 3.05) is 6.61 Å². The first-order valence-corrected chi connectivity index (χ1v) is 10.9. The lowest BCUT2D eigenvalue weighted by molar-refractivity contribution is -0.124. The Morgan fingerprint density at radius 3 is 2.63 bits per heavy atom. The molecule has 30 heavy (non-hydrogen) atoms. The molecule has 2 N–H and O–H groups in total. The SMILES string of the molecule is CC(NC(=O)COc1cccc(C(=O)NCc2ccccc2)c1)C1CC2CCC1C2. The first kappa shape index (κ1) is 20.5. The Morgan fingerprint density at radius 2 is 1.90 bits per heavy atom. The van der Waals surface area contributed by atoms with Gasteiger partial charge in [-0.05, 0) is 67.7 Å². The molecule has 4 atom stereocenters. The van der Waals surface area contributed by atoms with Crippen LogP contribution >= 0.6 is 0 Å². The summed E-state index contributed by atoms with van der Waals surface area (Å²) in [4.78, 5) is 24.8. The molecule has 0 heterocycles. The molecule has 2 aromatic carbocycles. The summed E-state index contributed by atoms with van der Waals surface area (Å²) in [6.45, 7) is 2.54. The summed E-state index contributed by atoms with van der Waals surface area (Å²) >= 11 is 0. The minimum Gasteiger partial charge on any atom is -0.484 e. The fourth-order valence-electron chi connectivity index (χ4n) is 5.07. The van der Waals surface area contributed by atoms with Gasteiger partial charge in [-0.15, -0.1) is 0 Å². The lowest BCUT2D eigenvalue weighted by atomic mass is 9.84. The van der Waals surface area contributed by atoms with Crippen molar-refractivity contribution < 1.29 is 14.3 Å². The van der Waals surface area contributed by atoms with Gasteiger partial charge in [-0.1, -0.05) is 42.8 Å². The summed E-state index contributed by atoms with van der Waals surface area (Å²) in [7, 11) is 0. The summed E-state index contributed by atoms with van der Waals surface area (Å²) < 4.78 is 5.65. The molecule has 2 saturated carbocycles. The quantitative estimate of drug-likeness (QED) is 0.698. The number of nitrogens with one attached hydrogen (secondary N) is 2. The van der Waals surface area contributed by atoms with Crippen molar-refractivity contribution >= 4 is 11.8 Å². The van der Waals surface area contributed by atoms with Crippen molar-refractivity contribution in [3.05, 3.63) is 65.7 Å². The Hall–Kier alpha value is -2.82. The predicted molar refractivity (Wildman–Crippen MR) is 116 cm³/mol. The summed E-state index contributed by atoms with van der Waals surface area (Å²) in [6, 6.07) is 16.9. The standard InChI is InChI=1S/C25H30N2O3/c1-17(23-13-19-10-11-20(23)12-19)27-24(28)16-30-22-9-5-8-21(14-22)25(29)26-15-18-6-3-2-4-7-18/h2-9,14,17,19-20,23H,10-13,15-16H2,1H3,(H,26,29)(H,27,28). The second-order valence-corrected chi connectivity index (χ2v) is 8.68. The Kier molecular flexibility index (Phi) is 6.36. The average Bonchev–Trinajstić information content (AvgIpc) is 3.41. The van der Waals surface area contributed by atoms with Gasteiger partial charge in [0.15, 0.2) is 6.61 Å². The van der Waals surface area contributed by atoms with E-state index in [1.54, 1.807) is 24.3 Å². The van der Waals surface area contributed by atoms with Gasteiger partial charge in [0.05, 0.1) is 0 Å². The summed E-state index contributed by atoms with van der Waals surface area (Å²) in [5.41, 5.74) is 1.55. The van der Waals surface area contributed by atoms with E-state index in [0.29, 0.717) is 23.8 Å². The van der Waals surface area contributed by atoms with Gasteiger partial charge >= 0.3 is 0 Å². The average molecular weight is 407 g/mol. The second kappa shape index (κ2) is 9.33. The molecule has 2 bridgehead atoms. The maximum absolute atomic E-state index is 12.4. The largest absolute Gasteiger partial charge is 0.484 e. The molecular weight excluding hydrogens is 376 g/mol. The lowest BCUT2D eigenvalue weighted by Crippen LogP contribution is -2.42. The topological polar surface area (TPSA) is 67.4 Å². The van der Waals surface area contributed by atoms with Crippen LogP contribution in [0.15, 0.2) is 54.6 Å². The summed E-state index contributed by atoms with van der Waals surface area (Å²) in [5.74, 6) is 2.49. The monoisotopic (exact) mass is 406 g/mol. The molecule has 4 unspecified atom stereocenters. The van der Waals surface area contributed by atoms with Gasteiger partial charge in [0, 0.05) is 18.2 Å². The number of hydrogen-bond acceptors (Lipinski definition) is 3. The van der Waals surface area contributed by atoms with Crippen LogP contribution in [0.2, 0.25) is 0 Å². The molecule has 2 aromatic rings. The first-order chi connectivity index (χ1) is 14.6. The van der Waals surface area contributed by atoms with Crippen LogP contribution in [0.3, 0.4) is 0 Å². The Balaban J connectivity index is 1.24. The van der Waals surface area contributed by atoms with Crippen LogP contribution in [-0.2, 0) is 11.3 Å². The molecule has 158 valence electrons. The summed E-state index contributed by atoms with van der Waals surface area (Å²) in [5, 5.41) is 6.01. The van der Waals surface area contributed by atoms with Crippen LogP contribution in [0.1, 0.15) is 48.5 Å². The number of amides is 2. The molecule has 2 amide bonds. The van der Waals surface area contributed by atoms with Gasteiger partial charge in [0.2, 0.25) is 0 Å². The maximum atomic E-state index is 12.4. The molecular formula is C25H30N2O3. The van der Waals surface area contributed by atoms with E-state index in [2.05, 4.69) is 17.6 Å². The van der Waals surface area contributed by atoms with Crippen LogP contribution in [0.25, 0.3) is 0 Å². The van der Waals surface area contributed by atoms with Crippen molar-refractivity contribution in [1.29, 1.82) is 0 Å². The zero-order chi connectivity index (χ0) is 20.9. The van der Waals surface area contributed by atoms with E-state index in [-0.39, 0.29) is 24.5 Å². The number of hydrogen-bond donors (Lipinski definition) is 2. The van der Waals surface area contributed by atoms with Crippen molar-refractivity contribution in [1.82, 2.24) is 10.6 Å². The third kappa shape index (κ3) is 5.02. The third-order valence-electron chi connectivity index (χ3n) is 6.59. The van der Waals surface area contributed by atoms with Crippen LogP contribution in [0, 0.1) is 17.8 Å². The van der Waals surface area contributed by atoms with Gasteiger partial charge in [-0.2, -0.15) is 0 Å². The fraction of sp³-hybridized carbons (Fsp3) is 0.440. The number of ether oxygens (including phenoxy) is 1. The number of carbonyl (C=O) groups excluding carboxylic acids is 2. The van der Waals surface area contributed by atoms with Crippen LogP contribution in [-0.4, -0.2) is 24.5 Å². The van der Waals surface area contributed by atoms with Gasteiger partial charge in [0.1, 0.15) is 5.75 Å². The van der Waals surface area contributed by atoms with E-state index < -0.39 is 0 Å². The highest BCUT2D eigenvalue weighted by Gasteiger charge is 2.42. The molecule has 5 heteroatoms. The number of rotatable bonds is 8. The zero-order valence-electron chi connectivity index (χ0n) is 17.5. The Labute approximate surface area is 178 Å². The minimum atomic E-state index is -0.168. The van der Waals surface area contributed by atoms with Crippen molar-refractivity contribution in [3.8, 4) is 5.75 Å². The normalized spacial score (nSPS) is 23.0. The highest BCUT2D eigenvalue weighted by molar-refractivity contribution is 5.94. The third-order valence-corrected chi connectivity index (χ3v) is 6.59. The highest BCUT2D eigenvalue weighted by atomic mass is 16.5. The summed E-state index contributed by atoms with van der Waals surface area (Å²) in [6.07, 6.45) is 5.25. The molecule has 0 radical (unpaired) electrons. The second-order valence-electron chi connectivity index (χ2n) is 8.68. The van der Waals surface area contributed by atoms with Gasteiger partial charge in [0.25, 0.3) is 11.8 Å². The molecule has 0 spiro atoms. The molecule has 2 aliphatic carbocycles. The van der Waals surface area contributed by atoms with E-state index in [9.17, 15) is 9.59 Å². The van der Waals surface area contributed by atoms with E-state index >= 15 is 0 Å². The Bertz CT molecular complexity index is 883. The first-order valence-electron chi connectivity index (χ1n) is 10.9. The molecule has 0 aromatic heterocycles. The molecule has 0 aliphatic heterocycles. The number of fused-ring (bicyclic) bond motifs is 2. The van der Waals surface area contributed by atoms with Crippen molar-refractivity contribution in [2.45, 2.75) is 45.2 Å². The molecule has 2 fully saturated rings. The number of benzene rings is 2. The van der Waals surface area contributed by atoms with Gasteiger partial charge < -0.3 is 15.4 Å². The lowest BCUT2D eigenvalue weighted by Gasteiger charge is -2.28. The number of carbonyl (C=O) groups is 2. The predicted octanol–water partition coefficient (Wildman–Crippen LogP) is 3.94. The van der Waals surface area contributed by atoms with Crippen LogP contribution in [0.4, 0.5) is 0 Å². The van der Waals surface area contributed by atoms with E-state index in [0.717, 1.165) is 17.4 Å². The van der Waals surface area contributed by atoms with Crippen LogP contribution in [0.5, 0.6) is 5.75 Å². The molecule has 5 nitrogen and oxygen atoms in total. The maximum Gasteiger partial charge on any atom is 0.258 e. The van der Waals surface area contributed by atoms with Gasteiger partial charge in [-0.3, -0.25) is 9.59 Å². The van der Waals surface area contributed by atoms with Gasteiger partial charge in [-0.25, -0.2) is 0 Å².